The summed E-state index contributed by atoms with van der Waals surface area (Å²) in [5.74, 6) is -0.234. The summed E-state index contributed by atoms with van der Waals surface area (Å²) in [5, 5.41) is 11.0. The highest BCUT2D eigenvalue weighted by Crippen LogP contribution is 2.31. The van der Waals surface area contributed by atoms with Gasteiger partial charge in [0.05, 0.1) is 23.1 Å². The van der Waals surface area contributed by atoms with Gasteiger partial charge in [-0.05, 0) is 74.7 Å². The number of aromatic nitrogens is 2. The molecule has 1 amide bonds. The highest BCUT2D eigenvalue weighted by Gasteiger charge is 2.27. The van der Waals surface area contributed by atoms with Gasteiger partial charge in [-0.2, -0.15) is 5.10 Å². The molecular formula is C24H27FN4O. The second-order valence-corrected chi connectivity index (χ2v) is 7.77. The summed E-state index contributed by atoms with van der Waals surface area (Å²) in [4.78, 5) is 13.4. The normalized spacial score (nSPS) is 14.6. The predicted octanol–water partition coefficient (Wildman–Crippen LogP) is 4.60. The SMILES string of the molecule is CCc1cccc(C)c1NC(=O)c1cnn(-c2ccc(F)cc2)c1C1CCNCC1. The molecule has 1 aromatic heterocycles. The van der Waals surface area contributed by atoms with Crippen LogP contribution in [0.3, 0.4) is 0 Å². The van der Waals surface area contributed by atoms with Crippen LogP contribution >= 0.6 is 0 Å². The van der Waals surface area contributed by atoms with Crippen molar-refractivity contribution in [2.75, 3.05) is 18.4 Å². The van der Waals surface area contributed by atoms with Crippen molar-refractivity contribution in [3.8, 4) is 5.69 Å². The van der Waals surface area contributed by atoms with Gasteiger partial charge in [0.25, 0.3) is 5.91 Å². The molecule has 0 radical (unpaired) electrons. The fraction of sp³-hybridized carbons (Fsp3) is 0.333. The second-order valence-electron chi connectivity index (χ2n) is 7.77. The summed E-state index contributed by atoms with van der Waals surface area (Å²) in [6, 6.07) is 12.3. The van der Waals surface area contributed by atoms with Crippen molar-refractivity contribution in [3.63, 3.8) is 0 Å². The minimum atomic E-state index is -0.293. The summed E-state index contributed by atoms with van der Waals surface area (Å²) in [7, 11) is 0. The van der Waals surface area contributed by atoms with E-state index in [0.29, 0.717) is 5.56 Å². The Bertz CT molecular complexity index is 1040. The number of nitrogens with zero attached hydrogens (tertiary/aromatic N) is 2. The lowest BCUT2D eigenvalue weighted by molar-refractivity contribution is 0.102. The Morgan fingerprint density at radius 3 is 2.63 bits per heavy atom. The van der Waals surface area contributed by atoms with E-state index in [1.54, 1.807) is 23.0 Å². The average molecular weight is 407 g/mol. The first-order chi connectivity index (χ1) is 14.6. The molecule has 0 spiro atoms. The first-order valence-corrected chi connectivity index (χ1v) is 10.5. The zero-order chi connectivity index (χ0) is 21.1. The molecule has 0 bridgehead atoms. The quantitative estimate of drug-likeness (QED) is 0.651. The van der Waals surface area contributed by atoms with E-state index in [-0.39, 0.29) is 17.6 Å². The Labute approximate surface area is 176 Å². The molecule has 6 heteroatoms. The molecule has 0 aliphatic carbocycles. The van der Waals surface area contributed by atoms with Crippen molar-refractivity contribution in [1.29, 1.82) is 0 Å². The van der Waals surface area contributed by atoms with Crippen LogP contribution in [0.4, 0.5) is 10.1 Å². The number of halogens is 1. The van der Waals surface area contributed by atoms with Crippen molar-refractivity contribution in [1.82, 2.24) is 15.1 Å². The van der Waals surface area contributed by atoms with Gasteiger partial charge in [0.1, 0.15) is 5.82 Å². The van der Waals surface area contributed by atoms with Crippen molar-refractivity contribution in [2.24, 2.45) is 0 Å². The zero-order valence-corrected chi connectivity index (χ0v) is 17.4. The smallest absolute Gasteiger partial charge is 0.259 e. The molecule has 30 heavy (non-hydrogen) atoms. The van der Waals surface area contributed by atoms with Crippen LogP contribution in [0.5, 0.6) is 0 Å². The minimum absolute atomic E-state index is 0.152. The number of hydrogen-bond donors (Lipinski definition) is 2. The maximum Gasteiger partial charge on any atom is 0.259 e. The molecule has 4 rings (SSSR count). The Hall–Kier alpha value is -2.99. The third kappa shape index (κ3) is 4.00. The van der Waals surface area contributed by atoms with Gasteiger partial charge < -0.3 is 10.6 Å². The number of hydrogen-bond acceptors (Lipinski definition) is 3. The summed E-state index contributed by atoms with van der Waals surface area (Å²) in [6.07, 6.45) is 4.34. The monoisotopic (exact) mass is 406 g/mol. The molecule has 5 nitrogen and oxygen atoms in total. The number of nitrogens with one attached hydrogen (secondary N) is 2. The van der Waals surface area contributed by atoms with Crippen LogP contribution in [0.1, 0.15) is 52.9 Å². The Kier molecular flexibility index (Phi) is 5.95. The standard InChI is InChI=1S/C24H27FN4O/c1-3-17-6-4-5-16(2)22(17)28-24(30)21-15-27-29(20-9-7-19(25)8-10-20)23(21)18-11-13-26-14-12-18/h4-10,15,18,26H,3,11-14H2,1-2H3,(H,28,30). The van der Waals surface area contributed by atoms with Crippen molar-refractivity contribution < 1.29 is 9.18 Å². The number of rotatable bonds is 5. The lowest BCUT2D eigenvalue weighted by Crippen LogP contribution is -2.29. The minimum Gasteiger partial charge on any atom is -0.321 e. The number of anilines is 1. The number of carbonyl (C=O) groups is 1. The predicted molar refractivity (Wildman–Crippen MR) is 117 cm³/mol. The van der Waals surface area contributed by atoms with Gasteiger partial charge in [0.2, 0.25) is 0 Å². The number of carbonyl (C=O) groups excluding carboxylic acids is 1. The van der Waals surface area contributed by atoms with Crippen LogP contribution in [-0.2, 0) is 6.42 Å². The number of para-hydroxylation sites is 1. The number of benzene rings is 2. The molecule has 0 saturated carbocycles. The topological polar surface area (TPSA) is 59.0 Å². The van der Waals surface area contributed by atoms with Crippen LogP contribution < -0.4 is 10.6 Å². The molecule has 3 aromatic rings. The Morgan fingerprint density at radius 1 is 1.20 bits per heavy atom. The molecule has 0 atom stereocenters. The van der Waals surface area contributed by atoms with Crippen LogP contribution in [0.2, 0.25) is 0 Å². The van der Waals surface area contributed by atoms with Crippen LogP contribution in [0, 0.1) is 12.7 Å². The highest BCUT2D eigenvalue weighted by atomic mass is 19.1. The van der Waals surface area contributed by atoms with E-state index in [1.165, 1.54) is 12.1 Å². The number of aryl methyl sites for hydroxylation is 2. The van der Waals surface area contributed by atoms with Gasteiger partial charge in [0, 0.05) is 11.6 Å². The molecule has 2 heterocycles. The van der Waals surface area contributed by atoms with Crippen molar-refractivity contribution in [3.05, 3.63) is 76.9 Å². The van der Waals surface area contributed by atoms with Gasteiger partial charge >= 0.3 is 0 Å². The maximum atomic E-state index is 13.4. The first kappa shape index (κ1) is 20.3. The van der Waals surface area contributed by atoms with E-state index in [2.05, 4.69) is 22.7 Å². The molecule has 1 saturated heterocycles. The van der Waals surface area contributed by atoms with Gasteiger partial charge in [-0.15, -0.1) is 0 Å². The van der Waals surface area contributed by atoms with E-state index in [0.717, 1.165) is 60.5 Å². The molecule has 0 unspecified atom stereocenters. The number of amides is 1. The summed E-state index contributed by atoms with van der Waals surface area (Å²) in [5.41, 5.74) is 5.25. The van der Waals surface area contributed by atoms with E-state index in [1.807, 2.05) is 25.1 Å². The highest BCUT2D eigenvalue weighted by molar-refractivity contribution is 6.06. The largest absolute Gasteiger partial charge is 0.321 e. The molecule has 1 aliphatic rings. The van der Waals surface area contributed by atoms with Crippen LogP contribution in [0.15, 0.2) is 48.7 Å². The molecule has 1 fully saturated rings. The third-order valence-corrected chi connectivity index (χ3v) is 5.83. The summed E-state index contributed by atoms with van der Waals surface area (Å²) >= 11 is 0. The second kappa shape index (κ2) is 8.79. The summed E-state index contributed by atoms with van der Waals surface area (Å²) < 4.78 is 15.2. The van der Waals surface area contributed by atoms with E-state index in [9.17, 15) is 9.18 Å². The van der Waals surface area contributed by atoms with Crippen molar-refractivity contribution >= 4 is 11.6 Å². The molecule has 2 N–H and O–H groups in total. The van der Waals surface area contributed by atoms with E-state index in [4.69, 9.17) is 0 Å². The number of piperidine rings is 1. The maximum absolute atomic E-state index is 13.4. The third-order valence-electron chi connectivity index (χ3n) is 5.83. The van der Waals surface area contributed by atoms with Crippen molar-refractivity contribution in [2.45, 2.75) is 39.0 Å². The Morgan fingerprint density at radius 2 is 1.93 bits per heavy atom. The summed E-state index contributed by atoms with van der Waals surface area (Å²) in [6.45, 7) is 5.89. The average Bonchev–Trinajstić information content (AvgIpc) is 3.21. The Balaban J connectivity index is 1.74. The van der Waals surface area contributed by atoms with Gasteiger partial charge in [-0.1, -0.05) is 25.1 Å². The van der Waals surface area contributed by atoms with Gasteiger partial charge in [-0.3, -0.25) is 4.79 Å². The first-order valence-electron chi connectivity index (χ1n) is 10.5. The molecule has 1 aliphatic heterocycles. The fourth-order valence-electron chi connectivity index (χ4n) is 4.19. The van der Waals surface area contributed by atoms with Crippen LogP contribution in [0.25, 0.3) is 5.69 Å². The molecule has 2 aromatic carbocycles. The lowest BCUT2D eigenvalue weighted by Gasteiger charge is -2.25. The van der Waals surface area contributed by atoms with E-state index >= 15 is 0 Å². The fourth-order valence-corrected chi connectivity index (χ4v) is 4.19. The lowest BCUT2D eigenvalue weighted by atomic mass is 9.91. The molecule has 156 valence electrons. The zero-order valence-electron chi connectivity index (χ0n) is 17.4. The van der Waals surface area contributed by atoms with Gasteiger partial charge in [0.15, 0.2) is 0 Å². The van der Waals surface area contributed by atoms with E-state index < -0.39 is 0 Å². The van der Waals surface area contributed by atoms with Gasteiger partial charge in [-0.25, -0.2) is 9.07 Å². The van der Waals surface area contributed by atoms with Crippen LogP contribution in [-0.4, -0.2) is 28.8 Å². The molecular weight excluding hydrogens is 379 g/mol.